The molecule has 3 nitrogen and oxygen atoms in total. The molecular weight excluding hydrogens is 222 g/mol. The minimum absolute atomic E-state index is 0.0443. The number of benzene rings is 1. The molecule has 3 heteroatoms. The Labute approximate surface area is 108 Å². The van der Waals surface area contributed by atoms with E-state index in [1.807, 2.05) is 19.3 Å². The summed E-state index contributed by atoms with van der Waals surface area (Å²) in [6, 6.07) is 8.40. The average Bonchev–Trinajstić information content (AvgIpc) is 2.82. The van der Waals surface area contributed by atoms with E-state index in [1.54, 1.807) is 0 Å². The van der Waals surface area contributed by atoms with Crippen LogP contribution in [0.5, 0.6) is 0 Å². The van der Waals surface area contributed by atoms with Gasteiger partial charge in [-0.2, -0.15) is 0 Å². The molecule has 1 aromatic heterocycles. The van der Waals surface area contributed by atoms with Gasteiger partial charge in [0.15, 0.2) is 0 Å². The predicted octanol–water partition coefficient (Wildman–Crippen LogP) is 2.77. The summed E-state index contributed by atoms with van der Waals surface area (Å²) in [7, 11) is 0. The zero-order valence-corrected chi connectivity index (χ0v) is 10.8. The number of nitrogens with two attached hydrogens (primary N) is 1. The number of para-hydroxylation sites is 1. The monoisotopic (exact) mass is 241 g/mol. The second-order valence-corrected chi connectivity index (χ2v) is 5.06. The minimum atomic E-state index is 0.0443. The van der Waals surface area contributed by atoms with Crippen molar-refractivity contribution in [1.29, 1.82) is 0 Å². The van der Waals surface area contributed by atoms with E-state index in [9.17, 15) is 0 Å². The SMILES string of the molecule is C[C@@H](N)c1ccccc1-n1cnc2c1CCCC2. The Morgan fingerprint density at radius 3 is 2.83 bits per heavy atom. The van der Waals surface area contributed by atoms with Crippen LogP contribution in [0.1, 0.15) is 42.8 Å². The highest BCUT2D eigenvalue weighted by Gasteiger charge is 2.18. The highest BCUT2D eigenvalue weighted by Crippen LogP contribution is 2.26. The van der Waals surface area contributed by atoms with E-state index in [1.165, 1.54) is 35.5 Å². The number of nitrogens with zero attached hydrogens (tertiary/aromatic N) is 2. The van der Waals surface area contributed by atoms with Gasteiger partial charge >= 0.3 is 0 Å². The maximum atomic E-state index is 6.06. The van der Waals surface area contributed by atoms with Crippen molar-refractivity contribution in [1.82, 2.24) is 9.55 Å². The topological polar surface area (TPSA) is 43.8 Å². The molecule has 0 saturated heterocycles. The Kier molecular flexibility index (Phi) is 2.92. The second kappa shape index (κ2) is 4.58. The van der Waals surface area contributed by atoms with Crippen LogP contribution in [0.2, 0.25) is 0 Å². The molecule has 3 rings (SSSR count). The zero-order valence-electron chi connectivity index (χ0n) is 10.8. The molecule has 2 N–H and O–H groups in total. The smallest absolute Gasteiger partial charge is 0.0997 e. The lowest BCUT2D eigenvalue weighted by molar-refractivity contribution is 0.654. The Hall–Kier alpha value is -1.61. The minimum Gasteiger partial charge on any atom is -0.324 e. The van der Waals surface area contributed by atoms with Crippen LogP contribution < -0.4 is 5.73 Å². The van der Waals surface area contributed by atoms with Gasteiger partial charge in [-0.25, -0.2) is 4.98 Å². The molecule has 0 fully saturated rings. The molecule has 0 radical (unpaired) electrons. The lowest BCUT2D eigenvalue weighted by Crippen LogP contribution is -2.12. The molecule has 0 spiro atoms. The first kappa shape index (κ1) is 11.5. The van der Waals surface area contributed by atoms with Gasteiger partial charge in [-0.3, -0.25) is 0 Å². The van der Waals surface area contributed by atoms with Crippen LogP contribution in [-0.2, 0) is 12.8 Å². The predicted molar refractivity (Wildman–Crippen MR) is 72.8 cm³/mol. The summed E-state index contributed by atoms with van der Waals surface area (Å²) < 4.78 is 2.23. The third-order valence-electron chi connectivity index (χ3n) is 3.72. The number of fused-ring (bicyclic) bond motifs is 1. The number of aryl methyl sites for hydroxylation is 1. The molecular formula is C15H19N3. The van der Waals surface area contributed by atoms with Gasteiger partial charge in [0.1, 0.15) is 0 Å². The van der Waals surface area contributed by atoms with Gasteiger partial charge in [-0.15, -0.1) is 0 Å². The number of imidazole rings is 1. The van der Waals surface area contributed by atoms with Crippen LogP contribution in [0, 0.1) is 0 Å². The fraction of sp³-hybridized carbons (Fsp3) is 0.400. The van der Waals surface area contributed by atoms with E-state index in [2.05, 4.69) is 27.8 Å². The number of hydrogen-bond donors (Lipinski definition) is 1. The summed E-state index contributed by atoms with van der Waals surface area (Å²) in [5.41, 5.74) is 11.1. The maximum Gasteiger partial charge on any atom is 0.0997 e. The van der Waals surface area contributed by atoms with Crippen molar-refractivity contribution in [3.63, 3.8) is 0 Å². The van der Waals surface area contributed by atoms with Gasteiger partial charge in [0, 0.05) is 11.7 Å². The van der Waals surface area contributed by atoms with E-state index < -0.39 is 0 Å². The van der Waals surface area contributed by atoms with E-state index >= 15 is 0 Å². The summed E-state index contributed by atoms with van der Waals surface area (Å²) in [4.78, 5) is 4.56. The molecule has 18 heavy (non-hydrogen) atoms. The largest absolute Gasteiger partial charge is 0.324 e. The van der Waals surface area contributed by atoms with Crippen LogP contribution in [0.25, 0.3) is 5.69 Å². The van der Waals surface area contributed by atoms with Gasteiger partial charge in [0.2, 0.25) is 0 Å². The highest BCUT2D eigenvalue weighted by molar-refractivity contribution is 5.45. The van der Waals surface area contributed by atoms with Crippen molar-refractivity contribution >= 4 is 0 Å². The summed E-state index contributed by atoms with van der Waals surface area (Å²) >= 11 is 0. The standard InChI is InChI=1S/C15H19N3/c1-11(16)12-6-2-4-8-14(12)18-10-17-13-7-3-5-9-15(13)18/h2,4,6,8,10-11H,3,5,7,9,16H2,1H3/t11-/m1/s1. The van der Waals surface area contributed by atoms with Crippen LogP contribution in [0.3, 0.4) is 0 Å². The van der Waals surface area contributed by atoms with Gasteiger partial charge in [0.25, 0.3) is 0 Å². The second-order valence-electron chi connectivity index (χ2n) is 5.06. The molecule has 94 valence electrons. The van der Waals surface area contributed by atoms with Crippen molar-refractivity contribution in [2.75, 3.05) is 0 Å². The van der Waals surface area contributed by atoms with E-state index in [4.69, 9.17) is 5.73 Å². The van der Waals surface area contributed by atoms with Crippen LogP contribution in [0.15, 0.2) is 30.6 Å². The molecule has 0 amide bonds. The summed E-state index contributed by atoms with van der Waals surface area (Å²) in [5, 5.41) is 0. The number of aromatic nitrogens is 2. The van der Waals surface area contributed by atoms with E-state index in [-0.39, 0.29) is 6.04 Å². The molecule has 0 aliphatic heterocycles. The normalized spacial score (nSPS) is 16.3. The Balaban J connectivity index is 2.13. The molecule has 1 aliphatic carbocycles. The molecule has 0 saturated carbocycles. The van der Waals surface area contributed by atoms with Gasteiger partial charge < -0.3 is 10.3 Å². The Morgan fingerprint density at radius 2 is 2.00 bits per heavy atom. The lowest BCUT2D eigenvalue weighted by Gasteiger charge is -2.18. The molecule has 1 aliphatic rings. The lowest BCUT2D eigenvalue weighted by atomic mass is 10.0. The third-order valence-corrected chi connectivity index (χ3v) is 3.72. The van der Waals surface area contributed by atoms with Crippen molar-refractivity contribution in [2.45, 2.75) is 38.6 Å². The fourth-order valence-corrected chi connectivity index (χ4v) is 2.77. The van der Waals surface area contributed by atoms with Crippen molar-refractivity contribution in [3.05, 3.63) is 47.5 Å². The highest BCUT2D eigenvalue weighted by atomic mass is 15.1. The Morgan fingerprint density at radius 1 is 1.22 bits per heavy atom. The fourth-order valence-electron chi connectivity index (χ4n) is 2.77. The van der Waals surface area contributed by atoms with Gasteiger partial charge in [-0.1, -0.05) is 18.2 Å². The first-order valence-electron chi connectivity index (χ1n) is 6.67. The van der Waals surface area contributed by atoms with Crippen LogP contribution in [0.4, 0.5) is 0 Å². The molecule has 0 unspecified atom stereocenters. The van der Waals surface area contributed by atoms with Crippen molar-refractivity contribution in [3.8, 4) is 5.69 Å². The molecule has 1 aromatic carbocycles. The third kappa shape index (κ3) is 1.85. The molecule has 1 heterocycles. The molecule has 2 aromatic rings. The van der Waals surface area contributed by atoms with E-state index in [0.717, 1.165) is 12.8 Å². The number of hydrogen-bond acceptors (Lipinski definition) is 2. The van der Waals surface area contributed by atoms with Crippen molar-refractivity contribution < 1.29 is 0 Å². The first-order valence-corrected chi connectivity index (χ1v) is 6.67. The quantitative estimate of drug-likeness (QED) is 0.878. The van der Waals surface area contributed by atoms with Gasteiger partial charge in [0.05, 0.1) is 17.7 Å². The zero-order chi connectivity index (χ0) is 12.5. The van der Waals surface area contributed by atoms with Crippen LogP contribution in [-0.4, -0.2) is 9.55 Å². The average molecular weight is 241 g/mol. The first-order chi connectivity index (χ1) is 8.77. The summed E-state index contributed by atoms with van der Waals surface area (Å²) in [6.45, 7) is 2.03. The molecule has 1 atom stereocenters. The van der Waals surface area contributed by atoms with Crippen LogP contribution >= 0.6 is 0 Å². The number of rotatable bonds is 2. The maximum absolute atomic E-state index is 6.06. The van der Waals surface area contributed by atoms with E-state index in [0.29, 0.717) is 0 Å². The Bertz CT molecular complexity index is 555. The summed E-state index contributed by atoms with van der Waals surface area (Å²) in [5.74, 6) is 0. The van der Waals surface area contributed by atoms with Gasteiger partial charge in [-0.05, 0) is 44.2 Å². The van der Waals surface area contributed by atoms with Crippen molar-refractivity contribution in [2.24, 2.45) is 5.73 Å². The molecule has 0 bridgehead atoms. The summed E-state index contributed by atoms with van der Waals surface area (Å²) in [6.07, 6.45) is 6.72.